The second kappa shape index (κ2) is 10.4. The summed E-state index contributed by atoms with van der Waals surface area (Å²) in [5, 5.41) is 3.12. The number of carbonyl (C=O) groups excluding carboxylic acids is 1. The van der Waals surface area contributed by atoms with Gasteiger partial charge in [-0.25, -0.2) is 4.98 Å². The lowest BCUT2D eigenvalue weighted by molar-refractivity contribution is -0.0484. The zero-order chi connectivity index (χ0) is 26.0. The van der Waals surface area contributed by atoms with Crippen LogP contribution in [0.5, 0.6) is 0 Å². The van der Waals surface area contributed by atoms with E-state index in [2.05, 4.69) is 76.2 Å². The molecule has 3 aliphatic rings. The fraction of sp³-hybridized carbons (Fsp3) is 0.533. The van der Waals surface area contributed by atoms with Crippen molar-refractivity contribution < 1.29 is 9.53 Å². The number of carbonyl (C=O) groups is 1. The van der Waals surface area contributed by atoms with E-state index in [9.17, 15) is 4.79 Å². The minimum atomic E-state index is -0.285. The molecule has 0 unspecified atom stereocenters. The maximum Gasteiger partial charge on any atom is 0.291 e. The summed E-state index contributed by atoms with van der Waals surface area (Å²) in [6.45, 7) is 10.4. The molecular formula is C30H39N5O2. The van der Waals surface area contributed by atoms with E-state index in [4.69, 9.17) is 11.2 Å². The van der Waals surface area contributed by atoms with Crippen LogP contribution >= 0.6 is 0 Å². The molecule has 0 radical (unpaired) electrons. The van der Waals surface area contributed by atoms with Crippen LogP contribution in [0.4, 0.5) is 5.69 Å². The van der Waals surface area contributed by atoms with Gasteiger partial charge < -0.3 is 19.9 Å². The van der Waals surface area contributed by atoms with Crippen molar-refractivity contribution in [3.05, 3.63) is 53.1 Å². The van der Waals surface area contributed by atoms with Gasteiger partial charge >= 0.3 is 0 Å². The molecule has 1 aromatic heterocycles. The molecule has 1 aliphatic carbocycles. The van der Waals surface area contributed by atoms with Crippen LogP contribution in [0, 0.1) is 17.8 Å². The molecule has 0 saturated carbocycles. The van der Waals surface area contributed by atoms with Crippen molar-refractivity contribution >= 4 is 17.2 Å². The van der Waals surface area contributed by atoms with Gasteiger partial charge in [0, 0.05) is 50.6 Å². The van der Waals surface area contributed by atoms with E-state index in [1.165, 1.54) is 17.3 Å². The number of anilines is 1. The van der Waals surface area contributed by atoms with Crippen molar-refractivity contribution in [1.29, 1.82) is 0 Å². The topological polar surface area (TPSA) is 73.5 Å². The Balaban J connectivity index is 1.53. The molecule has 0 bridgehead atoms. The summed E-state index contributed by atoms with van der Waals surface area (Å²) in [6, 6.07) is 6.64. The van der Waals surface area contributed by atoms with Gasteiger partial charge in [-0.2, -0.15) is 0 Å². The quantitative estimate of drug-likeness (QED) is 0.591. The molecule has 5 rings (SSSR count). The highest BCUT2D eigenvalue weighted by atomic mass is 16.5. The number of H-pyrrole nitrogens is 1. The first-order valence-corrected chi connectivity index (χ1v) is 13.5. The van der Waals surface area contributed by atoms with Crippen LogP contribution in [-0.2, 0) is 10.3 Å². The third-order valence-corrected chi connectivity index (χ3v) is 8.50. The predicted octanol–water partition coefficient (Wildman–Crippen LogP) is 4.49. The Morgan fingerprint density at radius 3 is 2.57 bits per heavy atom. The Hall–Kier alpha value is -2.92. The molecule has 0 spiro atoms. The first kappa shape index (κ1) is 25.7. The minimum absolute atomic E-state index is 0.0476. The van der Waals surface area contributed by atoms with E-state index in [-0.39, 0.29) is 17.3 Å². The standard InChI is InChI=1S/C30H39N5O2/c1-5-24-21-31-27(32-24)28(36)33-26-7-6-23(20-25(26)22-8-10-29(2,3)11-9-22)30(12-18-37-19-13-30)35-16-14-34(4)15-17-35/h1,6-8,20-21H,9-19H2,2-4H3,(H,31,32)(H,33,36). The molecule has 196 valence electrons. The van der Waals surface area contributed by atoms with E-state index < -0.39 is 0 Å². The molecule has 2 N–H and O–H groups in total. The Labute approximate surface area is 220 Å². The van der Waals surface area contributed by atoms with Crippen LogP contribution in [0.1, 0.15) is 73.4 Å². The number of aromatic amines is 1. The number of rotatable bonds is 5. The molecule has 1 amide bonds. The third-order valence-electron chi connectivity index (χ3n) is 8.50. The number of benzene rings is 1. The largest absolute Gasteiger partial charge is 0.381 e. The van der Waals surface area contributed by atoms with Crippen molar-refractivity contribution in [2.75, 3.05) is 51.8 Å². The average Bonchev–Trinajstić information content (AvgIpc) is 3.40. The number of likely N-dealkylation sites (N-methyl/N-ethyl adjacent to an activating group) is 1. The lowest BCUT2D eigenvalue weighted by Gasteiger charge is -2.50. The van der Waals surface area contributed by atoms with Gasteiger partial charge in [0.25, 0.3) is 5.91 Å². The number of amides is 1. The highest BCUT2D eigenvalue weighted by Crippen LogP contribution is 2.44. The van der Waals surface area contributed by atoms with E-state index in [1.807, 2.05) is 0 Å². The van der Waals surface area contributed by atoms with Crippen molar-refractivity contribution in [3.63, 3.8) is 0 Å². The number of terminal acetylenes is 1. The summed E-state index contributed by atoms with van der Waals surface area (Å²) >= 11 is 0. The third kappa shape index (κ3) is 5.38. The molecular weight excluding hydrogens is 462 g/mol. The molecule has 2 aliphatic heterocycles. The highest BCUT2D eigenvalue weighted by Gasteiger charge is 2.41. The lowest BCUT2D eigenvalue weighted by atomic mass is 9.75. The average molecular weight is 502 g/mol. The number of nitrogens with one attached hydrogen (secondary N) is 2. The van der Waals surface area contributed by atoms with E-state index in [0.29, 0.717) is 11.1 Å². The molecule has 2 fully saturated rings. The second-order valence-electron chi connectivity index (χ2n) is 11.5. The number of hydrogen-bond donors (Lipinski definition) is 2. The van der Waals surface area contributed by atoms with Gasteiger partial charge in [-0.3, -0.25) is 9.69 Å². The molecule has 7 nitrogen and oxygen atoms in total. The highest BCUT2D eigenvalue weighted by molar-refractivity contribution is 6.03. The molecule has 0 atom stereocenters. The number of piperazine rings is 1. The Morgan fingerprint density at radius 1 is 1.16 bits per heavy atom. The van der Waals surface area contributed by atoms with Crippen molar-refractivity contribution in [2.24, 2.45) is 5.41 Å². The predicted molar refractivity (Wildman–Crippen MR) is 147 cm³/mol. The van der Waals surface area contributed by atoms with Gasteiger partial charge in [0.1, 0.15) is 5.69 Å². The molecule has 3 heterocycles. The summed E-state index contributed by atoms with van der Waals surface area (Å²) < 4.78 is 5.83. The summed E-state index contributed by atoms with van der Waals surface area (Å²) in [7, 11) is 2.20. The first-order chi connectivity index (χ1) is 17.8. The molecule has 7 heteroatoms. The normalized spacial score (nSPS) is 22.2. The van der Waals surface area contributed by atoms with Crippen LogP contribution in [0.15, 0.2) is 30.5 Å². The number of imidazole rings is 1. The Bertz CT molecular complexity index is 1210. The number of allylic oxidation sites excluding steroid dienone is 2. The van der Waals surface area contributed by atoms with E-state index >= 15 is 0 Å². The number of nitrogens with zero attached hydrogens (tertiary/aromatic N) is 3. The maximum atomic E-state index is 13.1. The van der Waals surface area contributed by atoms with Gasteiger partial charge in [0.05, 0.1) is 11.7 Å². The zero-order valence-corrected chi connectivity index (χ0v) is 22.4. The zero-order valence-electron chi connectivity index (χ0n) is 22.4. The SMILES string of the molecule is C#Cc1cnc(C(=O)Nc2ccc(C3(N4CCN(C)CC4)CCOCC3)cc2C2=CCC(C)(C)CC2)[nH]1. The van der Waals surface area contributed by atoms with Gasteiger partial charge in [0.2, 0.25) is 0 Å². The van der Waals surface area contributed by atoms with Crippen molar-refractivity contribution in [2.45, 2.75) is 51.5 Å². The Kier molecular flexibility index (Phi) is 7.26. The van der Waals surface area contributed by atoms with E-state index in [1.54, 1.807) is 0 Å². The first-order valence-electron chi connectivity index (χ1n) is 13.5. The summed E-state index contributed by atoms with van der Waals surface area (Å²) in [5.74, 6) is 2.43. The number of aromatic nitrogens is 2. The van der Waals surface area contributed by atoms with Crippen LogP contribution in [0.25, 0.3) is 5.57 Å². The van der Waals surface area contributed by atoms with E-state index in [0.717, 1.165) is 82.7 Å². The number of ether oxygens (including phenoxy) is 1. The smallest absolute Gasteiger partial charge is 0.291 e. The number of hydrogen-bond acceptors (Lipinski definition) is 5. The monoisotopic (exact) mass is 501 g/mol. The van der Waals surface area contributed by atoms with Crippen LogP contribution in [0.3, 0.4) is 0 Å². The Morgan fingerprint density at radius 2 is 1.92 bits per heavy atom. The van der Waals surface area contributed by atoms with Gasteiger partial charge in [-0.15, -0.1) is 6.42 Å². The van der Waals surface area contributed by atoms with Crippen molar-refractivity contribution in [3.8, 4) is 12.3 Å². The lowest BCUT2D eigenvalue weighted by Crippen LogP contribution is -2.56. The van der Waals surface area contributed by atoms with Gasteiger partial charge in [-0.1, -0.05) is 31.9 Å². The van der Waals surface area contributed by atoms with Crippen LogP contribution in [0.2, 0.25) is 0 Å². The summed E-state index contributed by atoms with van der Waals surface area (Å²) in [4.78, 5) is 25.2. The van der Waals surface area contributed by atoms with Crippen molar-refractivity contribution in [1.82, 2.24) is 19.8 Å². The molecule has 1 aromatic carbocycles. The van der Waals surface area contributed by atoms with Crippen LogP contribution in [-0.4, -0.2) is 72.1 Å². The molecule has 37 heavy (non-hydrogen) atoms. The summed E-state index contributed by atoms with van der Waals surface area (Å²) in [6.07, 6.45) is 14.4. The molecule has 2 aromatic rings. The fourth-order valence-electron chi connectivity index (χ4n) is 5.95. The minimum Gasteiger partial charge on any atom is -0.381 e. The second-order valence-corrected chi connectivity index (χ2v) is 11.5. The fourth-order valence-corrected chi connectivity index (χ4v) is 5.95. The maximum absolute atomic E-state index is 13.1. The van der Waals surface area contributed by atoms with Crippen LogP contribution < -0.4 is 5.32 Å². The van der Waals surface area contributed by atoms with Gasteiger partial charge in [0.15, 0.2) is 5.82 Å². The summed E-state index contributed by atoms with van der Waals surface area (Å²) in [5.41, 5.74) is 5.31. The molecule has 2 saturated heterocycles. The van der Waals surface area contributed by atoms with Gasteiger partial charge in [-0.05, 0) is 67.8 Å².